The molecule has 1 N–H and O–H groups in total. The lowest BCUT2D eigenvalue weighted by Gasteiger charge is -2.31. The molecule has 1 aliphatic carbocycles. The Morgan fingerprint density at radius 1 is 1.38 bits per heavy atom. The quantitative estimate of drug-likeness (QED) is 0.902. The largest absolute Gasteiger partial charge is 0.446 e. The molecule has 1 aromatic rings. The molecule has 1 saturated carbocycles. The van der Waals surface area contributed by atoms with Crippen molar-refractivity contribution in [2.75, 3.05) is 19.6 Å². The van der Waals surface area contributed by atoms with Gasteiger partial charge in [0.25, 0.3) is 0 Å². The Labute approximate surface area is 126 Å². The Morgan fingerprint density at radius 2 is 2.19 bits per heavy atom. The monoisotopic (exact) mass is 291 g/mol. The van der Waals surface area contributed by atoms with E-state index in [-0.39, 0.29) is 11.8 Å². The van der Waals surface area contributed by atoms with Gasteiger partial charge in [-0.1, -0.05) is 0 Å². The van der Waals surface area contributed by atoms with E-state index < -0.39 is 0 Å². The van der Waals surface area contributed by atoms with Gasteiger partial charge in [-0.2, -0.15) is 0 Å². The number of hydrogen-bond donors (Lipinski definition) is 1. The van der Waals surface area contributed by atoms with Crippen LogP contribution in [0.25, 0.3) is 0 Å². The number of nitrogens with one attached hydrogen (secondary N) is 1. The zero-order valence-corrected chi connectivity index (χ0v) is 13.0. The van der Waals surface area contributed by atoms with Crippen molar-refractivity contribution in [2.24, 2.45) is 11.8 Å². The number of carbonyl (C=O) groups excluding carboxylic acids is 1. The molecule has 0 radical (unpaired) electrons. The first-order chi connectivity index (χ1) is 10.1. The zero-order valence-electron chi connectivity index (χ0n) is 13.0. The van der Waals surface area contributed by atoms with E-state index in [0.29, 0.717) is 0 Å². The SMILES string of the molecule is Cc1nc(CN2CCCC(C(=O)NCC3CC3)C2)c(C)o1. The van der Waals surface area contributed by atoms with Crippen LogP contribution in [0, 0.1) is 25.7 Å². The molecule has 0 bridgehead atoms. The van der Waals surface area contributed by atoms with E-state index in [2.05, 4.69) is 15.2 Å². The highest BCUT2D eigenvalue weighted by Crippen LogP contribution is 2.28. The first-order valence-corrected chi connectivity index (χ1v) is 8.05. The fourth-order valence-corrected chi connectivity index (χ4v) is 3.05. The summed E-state index contributed by atoms with van der Waals surface area (Å²) in [5.74, 6) is 2.73. The summed E-state index contributed by atoms with van der Waals surface area (Å²) in [6.07, 6.45) is 4.64. The lowest BCUT2D eigenvalue weighted by Crippen LogP contribution is -2.43. The van der Waals surface area contributed by atoms with Crippen molar-refractivity contribution in [1.82, 2.24) is 15.2 Å². The zero-order chi connectivity index (χ0) is 14.8. The number of aromatic nitrogens is 1. The van der Waals surface area contributed by atoms with Crippen LogP contribution >= 0.6 is 0 Å². The summed E-state index contributed by atoms with van der Waals surface area (Å²) in [5.41, 5.74) is 1.01. The van der Waals surface area contributed by atoms with Crippen LogP contribution < -0.4 is 5.32 Å². The topological polar surface area (TPSA) is 58.4 Å². The van der Waals surface area contributed by atoms with Gasteiger partial charge in [0.15, 0.2) is 5.89 Å². The Balaban J connectivity index is 1.52. The van der Waals surface area contributed by atoms with Crippen LogP contribution in [0.2, 0.25) is 0 Å². The fourth-order valence-electron chi connectivity index (χ4n) is 3.05. The average molecular weight is 291 g/mol. The molecule has 2 fully saturated rings. The van der Waals surface area contributed by atoms with Gasteiger partial charge in [0.05, 0.1) is 11.6 Å². The molecule has 2 aliphatic rings. The lowest BCUT2D eigenvalue weighted by atomic mass is 9.97. The van der Waals surface area contributed by atoms with E-state index in [1.807, 2.05) is 13.8 Å². The van der Waals surface area contributed by atoms with Gasteiger partial charge in [0.1, 0.15) is 5.76 Å². The summed E-state index contributed by atoms with van der Waals surface area (Å²) in [6, 6.07) is 0. The number of nitrogens with zero attached hydrogens (tertiary/aromatic N) is 2. The summed E-state index contributed by atoms with van der Waals surface area (Å²) < 4.78 is 5.49. The minimum absolute atomic E-state index is 0.130. The second kappa shape index (κ2) is 6.18. The third kappa shape index (κ3) is 3.84. The van der Waals surface area contributed by atoms with Crippen LogP contribution in [-0.2, 0) is 11.3 Å². The summed E-state index contributed by atoms with van der Waals surface area (Å²) >= 11 is 0. The fraction of sp³-hybridized carbons (Fsp3) is 0.750. The van der Waals surface area contributed by atoms with Gasteiger partial charge in [-0.3, -0.25) is 9.69 Å². The number of aryl methyl sites for hydroxylation is 2. The highest BCUT2D eigenvalue weighted by atomic mass is 16.4. The molecule has 3 rings (SSSR count). The molecular formula is C16H25N3O2. The molecule has 1 aliphatic heterocycles. The molecule has 116 valence electrons. The molecule has 1 saturated heterocycles. The maximum Gasteiger partial charge on any atom is 0.224 e. The number of oxazole rings is 1. The van der Waals surface area contributed by atoms with E-state index in [0.717, 1.165) is 62.3 Å². The molecule has 5 heteroatoms. The molecule has 5 nitrogen and oxygen atoms in total. The molecular weight excluding hydrogens is 266 g/mol. The van der Waals surface area contributed by atoms with Crippen LogP contribution in [0.15, 0.2) is 4.42 Å². The highest BCUT2D eigenvalue weighted by molar-refractivity contribution is 5.79. The van der Waals surface area contributed by atoms with Crippen molar-refractivity contribution in [3.63, 3.8) is 0 Å². The number of rotatable bonds is 5. The predicted octanol–water partition coefficient (Wildman–Crippen LogP) is 2.03. The van der Waals surface area contributed by atoms with Crippen LogP contribution in [-0.4, -0.2) is 35.4 Å². The molecule has 1 amide bonds. The van der Waals surface area contributed by atoms with Crippen LogP contribution in [0.5, 0.6) is 0 Å². The summed E-state index contributed by atoms with van der Waals surface area (Å²) in [7, 11) is 0. The molecule has 21 heavy (non-hydrogen) atoms. The second-order valence-corrected chi connectivity index (χ2v) is 6.50. The van der Waals surface area contributed by atoms with Crippen molar-refractivity contribution >= 4 is 5.91 Å². The summed E-state index contributed by atoms with van der Waals surface area (Å²) in [5, 5.41) is 3.11. The maximum atomic E-state index is 12.2. The van der Waals surface area contributed by atoms with Gasteiger partial charge in [-0.25, -0.2) is 4.98 Å². The van der Waals surface area contributed by atoms with Crippen molar-refractivity contribution in [1.29, 1.82) is 0 Å². The van der Waals surface area contributed by atoms with Crippen LogP contribution in [0.3, 0.4) is 0 Å². The van der Waals surface area contributed by atoms with Crippen LogP contribution in [0.4, 0.5) is 0 Å². The van der Waals surface area contributed by atoms with E-state index >= 15 is 0 Å². The number of piperidine rings is 1. The number of likely N-dealkylation sites (tertiary alicyclic amines) is 1. The predicted molar refractivity (Wildman–Crippen MR) is 79.7 cm³/mol. The average Bonchev–Trinajstić information content (AvgIpc) is 3.23. The number of carbonyl (C=O) groups is 1. The number of amides is 1. The Bertz CT molecular complexity index is 508. The minimum atomic E-state index is 0.130. The van der Waals surface area contributed by atoms with Crippen molar-refractivity contribution in [3.8, 4) is 0 Å². The standard InChI is InChI=1S/C16H25N3O2/c1-11-15(18-12(2)21-11)10-19-7-3-4-14(9-19)16(20)17-8-13-5-6-13/h13-14H,3-10H2,1-2H3,(H,17,20). The first-order valence-electron chi connectivity index (χ1n) is 8.05. The van der Waals surface area contributed by atoms with Gasteiger partial charge >= 0.3 is 0 Å². The van der Waals surface area contributed by atoms with Gasteiger partial charge in [-0.05, 0) is 45.1 Å². The smallest absolute Gasteiger partial charge is 0.224 e. The lowest BCUT2D eigenvalue weighted by molar-refractivity contribution is -0.126. The Morgan fingerprint density at radius 3 is 2.86 bits per heavy atom. The summed E-state index contributed by atoms with van der Waals surface area (Å²) in [6.45, 7) is 7.37. The molecule has 1 aromatic heterocycles. The molecule has 2 heterocycles. The maximum absolute atomic E-state index is 12.2. The summed E-state index contributed by atoms with van der Waals surface area (Å²) in [4.78, 5) is 19.0. The second-order valence-electron chi connectivity index (χ2n) is 6.50. The van der Waals surface area contributed by atoms with E-state index in [1.54, 1.807) is 0 Å². The van der Waals surface area contributed by atoms with E-state index in [1.165, 1.54) is 12.8 Å². The van der Waals surface area contributed by atoms with Crippen molar-refractivity contribution in [3.05, 3.63) is 17.3 Å². The molecule has 1 atom stereocenters. The third-order valence-corrected chi connectivity index (χ3v) is 4.51. The van der Waals surface area contributed by atoms with Gasteiger partial charge in [-0.15, -0.1) is 0 Å². The Kier molecular flexibility index (Phi) is 4.29. The Hall–Kier alpha value is -1.36. The minimum Gasteiger partial charge on any atom is -0.446 e. The van der Waals surface area contributed by atoms with Gasteiger partial charge in [0.2, 0.25) is 5.91 Å². The van der Waals surface area contributed by atoms with E-state index in [9.17, 15) is 4.79 Å². The van der Waals surface area contributed by atoms with Gasteiger partial charge in [0, 0.05) is 26.6 Å². The highest BCUT2D eigenvalue weighted by Gasteiger charge is 2.28. The van der Waals surface area contributed by atoms with Crippen molar-refractivity contribution in [2.45, 2.75) is 46.1 Å². The normalized spacial score (nSPS) is 23.2. The number of hydrogen-bond acceptors (Lipinski definition) is 4. The van der Waals surface area contributed by atoms with Gasteiger partial charge < -0.3 is 9.73 Å². The molecule has 0 spiro atoms. The molecule has 0 aromatic carbocycles. The molecule has 1 unspecified atom stereocenters. The first kappa shape index (κ1) is 14.6. The van der Waals surface area contributed by atoms with Crippen molar-refractivity contribution < 1.29 is 9.21 Å². The van der Waals surface area contributed by atoms with Crippen LogP contribution in [0.1, 0.15) is 43.0 Å². The third-order valence-electron chi connectivity index (χ3n) is 4.51. The van der Waals surface area contributed by atoms with E-state index in [4.69, 9.17) is 4.42 Å².